The highest BCUT2D eigenvalue weighted by Gasteiger charge is 2.52. The fraction of sp³-hybridized carbons (Fsp3) is 0.0185. The molecule has 11 aromatic rings. The van der Waals surface area contributed by atoms with E-state index < -0.39 is 5.41 Å². The highest BCUT2D eigenvalue weighted by Crippen LogP contribution is 2.62. The minimum absolute atomic E-state index is 0.633. The maximum Gasteiger partial charge on any atom is 0.132 e. The van der Waals surface area contributed by atoms with Crippen LogP contribution in [0, 0.1) is 11.3 Å². The quantitative estimate of drug-likeness (QED) is 0.180. The Morgan fingerprint density at radius 3 is 1.88 bits per heavy atom. The molecular formula is C54H31N5O. The Morgan fingerprint density at radius 2 is 1.07 bits per heavy atom. The molecule has 4 aromatic heterocycles. The van der Waals surface area contributed by atoms with Gasteiger partial charge in [0.15, 0.2) is 0 Å². The molecule has 6 heteroatoms. The van der Waals surface area contributed by atoms with Gasteiger partial charge in [0.25, 0.3) is 0 Å². The number of nitrogens with zero attached hydrogens (tertiary/aromatic N) is 5. The van der Waals surface area contributed by atoms with Crippen LogP contribution in [0.1, 0.15) is 27.8 Å². The van der Waals surface area contributed by atoms with Crippen LogP contribution < -0.4 is 4.74 Å². The number of pyridine rings is 2. The van der Waals surface area contributed by atoms with E-state index in [2.05, 4.69) is 161 Å². The van der Waals surface area contributed by atoms with Crippen molar-refractivity contribution in [3.8, 4) is 51.5 Å². The molecule has 0 fully saturated rings. The number of nitriles is 1. The predicted octanol–water partition coefficient (Wildman–Crippen LogP) is 12.7. The van der Waals surface area contributed by atoms with Crippen molar-refractivity contribution < 1.29 is 4.74 Å². The molecule has 0 radical (unpaired) electrons. The molecule has 1 atom stereocenters. The third kappa shape index (κ3) is 4.30. The van der Waals surface area contributed by atoms with Crippen molar-refractivity contribution in [3.05, 3.63) is 216 Å². The molecule has 1 aliphatic carbocycles. The largest absolute Gasteiger partial charge is 0.457 e. The SMILES string of the molecule is N#Cc1ccc2c(c1)c1cc(-c3ccc4c(c3)Oc3ccccc3C43c4cccnc4-c4ncc(-n5c6ccccc6c6ccccc65)cc43)ccc1n2-c1ccccc1. The van der Waals surface area contributed by atoms with Crippen LogP contribution in [-0.4, -0.2) is 19.1 Å². The van der Waals surface area contributed by atoms with Gasteiger partial charge in [-0.3, -0.25) is 9.97 Å². The van der Waals surface area contributed by atoms with Crippen LogP contribution in [0.3, 0.4) is 0 Å². The topological polar surface area (TPSA) is 68.7 Å². The van der Waals surface area contributed by atoms with Crippen LogP contribution in [0.2, 0.25) is 0 Å². The predicted molar refractivity (Wildman–Crippen MR) is 238 cm³/mol. The first-order chi connectivity index (χ1) is 29.7. The second-order valence-electron chi connectivity index (χ2n) is 15.7. The lowest BCUT2D eigenvalue weighted by Gasteiger charge is -2.39. The lowest BCUT2D eigenvalue weighted by Crippen LogP contribution is -2.32. The van der Waals surface area contributed by atoms with Crippen molar-refractivity contribution >= 4 is 43.6 Å². The Balaban J connectivity index is 1.04. The van der Waals surface area contributed by atoms with Gasteiger partial charge in [-0.05, 0) is 95.6 Å². The van der Waals surface area contributed by atoms with Crippen LogP contribution in [0.15, 0.2) is 188 Å². The van der Waals surface area contributed by atoms with E-state index in [0.717, 1.165) is 100 Å². The molecule has 5 heterocycles. The monoisotopic (exact) mass is 765 g/mol. The van der Waals surface area contributed by atoms with Gasteiger partial charge < -0.3 is 13.9 Å². The van der Waals surface area contributed by atoms with Gasteiger partial charge in [0.1, 0.15) is 11.5 Å². The smallest absolute Gasteiger partial charge is 0.132 e. The second kappa shape index (κ2) is 12.1. The van der Waals surface area contributed by atoms with Gasteiger partial charge in [-0.2, -0.15) is 5.26 Å². The number of aromatic nitrogens is 4. The summed E-state index contributed by atoms with van der Waals surface area (Å²) < 4.78 is 11.5. The van der Waals surface area contributed by atoms with E-state index >= 15 is 0 Å². The van der Waals surface area contributed by atoms with Gasteiger partial charge in [-0.15, -0.1) is 0 Å². The Hall–Kier alpha value is -8.27. The summed E-state index contributed by atoms with van der Waals surface area (Å²) in [4.78, 5) is 10.3. The molecule has 60 heavy (non-hydrogen) atoms. The zero-order valence-corrected chi connectivity index (χ0v) is 32.0. The van der Waals surface area contributed by atoms with Crippen LogP contribution in [0.4, 0.5) is 0 Å². The summed E-state index contributed by atoms with van der Waals surface area (Å²) in [6, 6.07) is 64.1. The molecule has 0 bridgehead atoms. The molecule has 0 saturated carbocycles. The first-order valence-corrected chi connectivity index (χ1v) is 20.1. The third-order valence-corrected chi connectivity index (χ3v) is 12.7. The zero-order chi connectivity index (χ0) is 39.5. The van der Waals surface area contributed by atoms with Gasteiger partial charge in [-0.1, -0.05) is 97.1 Å². The van der Waals surface area contributed by atoms with Crippen LogP contribution in [0.25, 0.3) is 77.5 Å². The standard InChI is InChI=1S/C54H31N5O/c55-31-33-20-24-48-40(27-33)41-28-34(22-25-49(41)58(48)36-11-2-1-3-12-36)35-21-23-43-51(29-35)60-50-19-9-6-15-42(50)54(43)44-16-10-26-56-52(44)53-45(54)30-37(32-57-53)59-46-17-7-4-13-38(46)39-14-5-8-18-47(39)59/h1-30,32H. The third-order valence-electron chi connectivity index (χ3n) is 12.7. The second-order valence-corrected chi connectivity index (χ2v) is 15.7. The molecule has 0 saturated heterocycles. The van der Waals surface area contributed by atoms with Gasteiger partial charge in [-0.25, -0.2) is 0 Å². The first-order valence-electron chi connectivity index (χ1n) is 20.1. The van der Waals surface area contributed by atoms with Crippen LogP contribution in [-0.2, 0) is 5.41 Å². The Morgan fingerprint density at radius 1 is 0.450 bits per heavy atom. The molecule has 13 rings (SSSR count). The average Bonchev–Trinajstić information content (AvgIpc) is 3.93. The van der Waals surface area contributed by atoms with E-state index in [1.54, 1.807) is 0 Å². The molecule has 1 unspecified atom stereocenters. The summed E-state index contributed by atoms with van der Waals surface area (Å²) in [7, 11) is 0. The van der Waals surface area contributed by atoms with Crippen molar-refractivity contribution in [1.29, 1.82) is 5.26 Å². The molecular weight excluding hydrogens is 735 g/mol. The average molecular weight is 766 g/mol. The number of ether oxygens (including phenoxy) is 1. The minimum Gasteiger partial charge on any atom is -0.457 e. The van der Waals surface area contributed by atoms with Crippen LogP contribution in [0.5, 0.6) is 11.5 Å². The number of para-hydroxylation sites is 4. The van der Waals surface area contributed by atoms with E-state index in [1.165, 1.54) is 10.8 Å². The summed E-state index contributed by atoms with van der Waals surface area (Å²) >= 11 is 0. The molecule has 1 aliphatic heterocycles. The number of fused-ring (bicyclic) bond motifs is 15. The number of benzene rings is 7. The highest BCUT2D eigenvalue weighted by molar-refractivity contribution is 6.11. The van der Waals surface area contributed by atoms with E-state index in [0.29, 0.717) is 5.56 Å². The highest BCUT2D eigenvalue weighted by atomic mass is 16.5. The molecule has 278 valence electrons. The maximum absolute atomic E-state index is 9.89. The zero-order valence-electron chi connectivity index (χ0n) is 32.0. The molecule has 7 aromatic carbocycles. The maximum atomic E-state index is 9.89. The number of rotatable bonds is 3. The van der Waals surface area contributed by atoms with Gasteiger partial charge >= 0.3 is 0 Å². The minimum atomic E-state index is -0.746. The molecule has 6 nitrogen and oxygen atoms in total. The van der Waals surface area contributed by atoms with E-state index in [-0.39, 0.29) is 0 Å². The van der Waals surface area contributed by atoms with Gasteiger partial charge in [0, 0.05) is 50.1 Å². The molecule has 0 amide bonds. The van der Waals surface area contributed by atoms with Gasteiger partial charge in [0.05, 0.1) is 62.4 Å². The fourth-order valence-corrected chi connectivity index (χ4v) is 10.2. The Labute approximate surface area is 344 Å². The summed E-state index contributed by atoms with van der Waals surface area (Å²) in [5.74, 6) is 1.59. The summed E-state index contributed by atoms with van der Waals surface area (Å²) in [6.07, 6.45) is 3.86. The number of hydrogen-bond donors (Lipinski definition) is 0. The summed E-state index contributed by atoms with van der Waals surface area (Å²) in [5, 5.41) is 14.4. The van der Waals surface area contributed by atoms with Crippen molar-refractivity contribution in [2.75, 3.05) is 0 Å². The van der Waals surface area contributed by atoms with Gasteiger partial charge in [0.2, 0.25) is 0 Å². The Kier molecular flexibility index (Phi) is 6.62. The van der Waals surface area contributed by atoms with Crippen molar-refractivity contribution in [2.45, 2.75) is 5.41 Å². The number of hydrogen-bond acceptors (Lipinski definition) is 4. The van der Waals surface area contributed by atoms with Crippen molar-refractivity contribution in [2.24, 2.45) is 0 Å². The lowest BCUT2D eigenvalue weighted by atomic mass is 9.66. The van der Waals surface area contributed by atoms with E-state index in [4.69, 9.17) is 14.7 Å². The molecule has 0 N–H and O–H groups in total. The van der Waals surface area contributed by atoms with E-state index in [9.17, 15) is 5.26 Å². The molecule has 1 spiro atoms. The summed E-state index contributed by atoms with van der Waals surface area (Å²) in [6.45, 7) is 0. The first kappa shape index (κ1) is 32.8. The summed E-state index contributed by atoms with van der Waals surface area (Å²) in [5.41, 5.74) is 14.4. The molecule has 2 aliphatic rings. The fourth-order valence-electron chi connectivity index (χ4n) is 10.2. The van der Waals surface area contributed by atoms with Crippen LogP contribution >= 0.6 is 0 Å². The van der Waals surface area contributed by atoms with Crippen molar-refractivity contribution in [3.63, 3.8) is 0 Å². The lowest BCUT2D eigenvalue weighted by molar-refractivity contribution is 0.436. The normalized spacial score (nSPS) is 14.8. The van der Waals surface area contributed by atoms with Crippen molar-refractivity contribution in [1.82, 2.24) is 19.1 Å². The Bertz CT molecular complexity index is 3610. The van der Waals surface area contributed by atoms with E-state index in [1.807, 2.05) is 42.7 Å².